The second-order valence-corrected chi connectivity index (χ2v) is 8.00. The molecule has 3 aliphatic heterocycles. The fourth-order valence-electron chi connectivity index (χ4n) is 1.85. The minimum atomic E-state index is -8.04. The molecule has 5 unspecified atom stereocenters. The number of rotatable bonds is 1. The van der Waals surface area contributed by atoms with E-state index >= 15 is 0 Å². The molecule has 106 valence electrons. The van der Waals surface area contributed by atoms with Crippen molar-refractivity contribution in [3.8, 4) is 0 Å². The average Bonchev–Trinajstić information content (AvgIpc) is 2.73. The first-order valence-corrected chi connectivity index (χ1v) is 7.26. The SMILES string of the molecule is [2H]C1OC([2H])([2H])C12N([S+]([O-])C(C)(C)C)C(=O)C1([2H])C([2H])([2H])C([2H])([2H])S([2H])([2H])([2H])([2H])C12[2H]. The van der Waals surface area contributed by atoms with Gasteiger partial charge in [-0.25, -0.2) is 0 Å². The molecular weight excluding hydrogens is 270 g/mol. The van der Waals surface area contributed by atoms with Crippen molar-refractivity contribution in [2.75, 3.05) is 18.8 Å². The number of fused-ring (bicyclic) bond motifs is 2. The maximum absolute atomic E-state index is 13.5. The van der Waals surface area contributed by atoms with Crippen molar-refractivity contribution < 1.29 is 26.4 Å². The van der Waals surface area contributed by atoms with Gasteiger partial charge in [0.15, 0.2) is 0 Å². The van der Waals surface area contributed by atoms with Crippen LogP contribution < -0.4 is 0 Å². The van der Waals surface area contributed by atoms with Crippen LogP contribution in [0.15, 0.2) is 0 Å². The molecule has 0 aromatic heterocycles. The molecule has 3 aliphatic rings. The summed E-state index contributed by atoms with van der Waals surface area (Å²) in [5.74, 6) is -5.87. The molecule has 1 amide bonds. The summed E-state index contributed by atoms with van der Waals surface area (Å²) in [6.07, 6.45) is -4.01. The first-order valence-electron chi connectivity index (χ1n) is 11.6. The standard InChI is InChI=1S/C12H23NO3S2/c1-11(2,3)18(15)13-10(14)8-4-5-17-9(8)12(13)6-16-7-12/h8-9H,4-7H2,1-3H3,17H4/i4D2,5D2,6D,7D2,8D,9D,17D4. The monoisotopic (exact) mass is 306 g/mol. The van der Waals surface area contributed by atoms with E-state index in [0.29, 0.717) is 0 Å². The van der Waals surface area contributed by atoms with Gasteiger partial charge in [-0.05, 0) is 32.8 Å². The highest BCUT2D eigenvalue weighted by Gasteiger charge is 2.68. The predicted molar refractivity (Wildman–Crippen MR) is 78.2 cm³/mol. The molecule has 0 saturated carbocycles. The van der Waals surface area contributed by atoms with Crippen LogP contribution >= 0.6 is 11.4 Å². The molecule has 5 atom stereocenters. The zero-order valence-electron chi connectivity index (χ0n) is 23.1. The maximum atomic E-state index is 13.5. The lowest BCUT2D eigenvalue weighted by molar-refractivity contribution is -0.138. The number of carbonyl (C=O) groups is 1. The summed E-state index contributed by atoms with van der Waals surface area (Å²) >= 11 is -10.8. The highest BCUT2D eigenvalue weighted by molar-refractivity contribution is 8.00. The van der Waals surface area contributed by atoms with Crippen LogP contribution in [0.25, 0.3) is 0 Å². The Kier molecular flexibility index (Phi) is 1.08. The van der Waals surface area contributed by atoms with Crippen LogP contribution in [0, 0.1) is 5.89 Å². The van der Waals surface area contributed by atoms with E-state index in [1.807, 2.05) is 0 Å². The topological polar surface area (TPSA) is 52.6 Å². The molecule has 3 saturated heterocycles. The van der Waals surface area contributed by atoms with E-state index in [1.54, 1.807) is 0 Å². The summed E-state index contributed by atoms with van der Waals surface area (Å²) in [6, 6.07) is 0. The smallest absolute Gasteiger partial charge is 0.268 e. The second-order valence-electron chi connectivity index (χ2n) is 5.10. The third kappa shape index (κ3) is 1.58. The van der Waals surface area contributed by atoms with E-state index < -0.39 is 75.3 Å². The summed E-state index contributed by atoms with van der Waals surface area (Å²) in [5.41, 5.74) is -7.68. The lowest BCUT2D eigenvalue weighted by Crippen LogP contribution is -2.67. The fraction of sp³-hybridized carbons (Fsp3) is 0.917. The van der Waals surface area contributed by atoms with Crippen molar-refractivity contribution in [2.45, 2.75) is 42.7 Å². The zero-order valence-corrected chi connectivity index (χ0v) is 11.7. The van der Waals surface area contributed by atoms with Gasteiger partial charge in [-0.1, -0.05) is 0 Å². The van der Waals surface area contributed by atoms with Crippen LogP contribution in [0.3, 0.4) is 0 Å². The molecule has 18 heavy (non-hydrogen) atoms. The van der Waals surface area contributed by atoms with Crippen molar-refractivity contribution >= 4 is 28.6 Å². The molecule has 1 spiro atoms. The molecular formula is C12H23NO3S2. The molecule has 3 rings (SSSR count). The lowest BCUT2D eigenvalue weighted by Gasteiger charge is -2.48. The van der Waals surface area contributed by atoms with E-state index in [1.165, 1.54) is 20.8 Å². The van der Waals surface area contributed by atoms with Crippen molar-refractivity contribution in [2.24, 2.45) is 5.89 Å². The molecule has 0 N–H and O–H groups in total. The number of hydrogen-bond acceptors (Lipinski definition) is 3. The number of carbonyl (C=O) groups excluding carboxylic acids is 1. The summed E-state index contributed by atoms with van der Waals surface area (Å²) in [6.45, 7) is -1.94. The van der Waals surface area contributed by atoms with Gasteiger partial charge in [0.2, 0.25) is 0 Å². The van der Waals surface area contributed by atoms with Gasteiger partial charge in [-0.2, -0.15) is 0 Å². The van der Waals surface area contributed by atoms with Crippen LogP contribution in [0.5, 0.6) is 0 Å². The van der Waals surface area contributed by atoms with Crippen LogP contribution in [-0.2, 0) is 20.9 Å². The third-order valence-electron chi connectivity index (χ3n) is 2.75. The van der Waals surface area contributed by atoms with Gasteiger partial charge >= 0.3 is 0 Å². The first kappa shape index (κ1) is 4.83. The molecule has 3 fully saturated rings. The van der Waals surface area contributed by atoms with Crippen molar-refractivity contribution in [1.82, 2.24) is 4.31 Å². The molecule has 0 aromatic carbocycles. The fourth-order valence-corrected chi connectivity index (χ4v) is 3.96. The van der Waals surface area contributed by atoms with E-state index in [4.69, 9.17) is 16.8 Å². The molecule has 6 heteroatoms. The normalized spacial score (nSPS) is 84.7. The Labute approximate surface area is 132 Å². The number of amides is 1. The summed E-state index contributed by atoms with van der Waals surface area (Å²) < 4.78 is 125. The Balaban J connectivity index is 2.64. The quantitative estimate of drug-likeness (QED) is 0.646. The maximum Gasteiger partial charge on any atom is 0.268 e. The van der Waals surface area contributed by atoms with Crippen LogP contribution in [0.2, 0.25) is 0 Å². The van der Waals surface area contributed by atoms with Gasteiger partial charge in [0.25, 0.3) is 5.91 Å². The number of nitrogens with zero attached hydrogens (tertiary/aromatic N) is 1. The van der Waals surface area contributed by atoms with E-state index in [2.05, 4.69) is 4.74 Å². The van der Waals surface area contributed by atoms with Gasteiger partial charge in [-0.3, -0.25) is 4.79 Å². The molecule has 0 radical (unpaired) electrons. The average molecular weight is 307 g/mol. The Morgan fingerprint density at radius 2 is 2.50 bits per heavy atom. The Morgan fingerprint density at radius 3 is 3.06 bits per heavy atom. The predicted octanol–water partition coefficient (Wildman–Crippen LogP) is 0.111. The van der Waals surface area contributed by atoms with Gasteiger partial charge in [-0.15, -0.1) is 4.31 Å². The molecule has 3 heterocycles. The van der Waals surface area contributed by atoms with Crippen molar-refractivity contribution in [3.63, 3.8) is 0 Å². The van der Waals surface area contributed by atoms with Crippen LogP contribution in [0.1, 0.15) is 39.5 Å². The van der Waals surface area contributed by atoms with Crippen LogP contribution in [0.4, 0.5) is 0 Å². The van der Waals surface area contributed by atoms with Crippen molar-refractivity contribution in [1.29, 1.82) is 4.50 Å². The Bertz CT molecular complexity index is 902. The lowest BCUT2D eigenvalue weighted by atomic mass is 9.89. The van der Waals surface area contributed by atoms with E-state index in [9.17, 15) is 9.35 Å². The second kappa shape index (κ2) is 4.04. The third-order valence-corrected chi connectivity index (χ3v) is 5.51. The molecule has 0 bridgehead atoms. The Hall–Kier alpha value is 0.0900. The van der Waals surface area contributed by atoms with Gasteiger partial charge in [0, 0.05) is 13.5 Å². The first-order chi connectivity index (χ1) is 13.1. The van der Waals surface area contributed by atoms with Crippen LogP contribution in [-0.4, -0.2) is 53.6 Å². The van der Waals surface area contributed by atoms with Gasteiger partial charge in [0.05, 0.1) is 39.0 Å². The largest absolute Gasteiger partial charge is 0.592 e. The summed E-state index contributed by atoms with van der Waals surface area (Å²) in [4.78, 5) is 13.5. The van der Waals surface area contributed by atoms with E-state index in [-0.39, 0.29) is 4.31 Å². The van der Waals surface area contributed by atoms with Gasteiger partial charge in [0.1, 0.15) is 10.3 Å². The number of hydrogen-bond donors (Lipinski definition) is 0. The Morgan fingerprint density at radius 1 is 1.78 bits per heavy atom. The molecule has 0 aliphatic carbocycles. The highest BCUT2D eigenvalue weighted by Crippen LogP contribution is 2.53. The van der Waals surface area contributed by atoms with Gasteiger partial charge < -0.3 is 20.7 Å². The number of ether oxygens (including phenoxy) is 1. The highest BCUT2D eigenvalue weighted by atomic mass is 32.2. The summed E-state index contributed by atoms with van der Waals surface area (Å²) in [7, 11) is 0. The zero-order chi connectivity index (χ0) is 24.9. The molecule has 0 aromatic rings. The minimum absolute atomic E-state index is 0.00734. The van der Waals surface area contributed by atoms with E-state index in [0.717, 1.165) is 0 Å². The summed E-state index contributed by atoms with van der Waals surface area (Å²) in [5, 5.41) is -4.18. The van der Waals surface area contributed by atoms with Crippen molar-refractivity contribution in [3.05, 3.63) is 0 Å². The molecule has 4 nitrogen and oxygen atoms in total. The minimum Gasteiger partial charge on any atom is -0.592 e.